The van der Waals surface area contributed by atoms with Crippen LogP contribution in [0.2, 0.25) is 5.02 Å². The summed E-state index contributed by atoms with van der Waals surface area (Å²) in [7, 11) is 0. The molecule has 19 heavy (non-hydrogen) atoms. The van der Waals surface area contributed by atoms with Gasteiger partial charge in [-0.05, 0) is 25.0 Å². The fourth-order valence-electron chi connectivity index (χ4n) is 2.50. The van der Waals surface area contributed by atoms with Crippen LogP contribution in [-0.2, 0) is 0 Å². The number of hydrogen-bond acceptors (Lipinski definition) is 2. The van der Waals surface area contributed by atoms with E-state index in [9.17, 15) is 9.18 Å². The topological polar surface area (TPSA) is 44.1 Å². The summed E-state index contributed by atoms with van der Waals surface area (Å²) in [5, 5.41) is 8.95. The monoisotopic (exact) mass is 280 g/mol. The van der Waals surface area contributed by atoms with Gasteiger partial charge in [-0.3, -0.25) is 4.79 Å². The van der Waals surface area contributed by atoms with E-state index in [0.717, 1.165) is 25.7 Å². The highest BCUT2D eigenvalue weighted by Gasteiger charge is 2.29. The van der Waals surface area contributed by atoms with Crippen LogP contribution >= 0.6 is 11.6 Å². The summed E-state index contributed by atoms with van der Waals surface area (Å²) in [5.41, 5.74) is -0.133. The maximum atomic E-state index is 13.8. The molecule has 1 amide bonds. The van der Waals surface area contributed by atoms with Crippen LogP contribution in [-0.4, -0.2) is 23.4 Å². The Hall–Kier alpha value is -1.60. The first-order chi connectivity index (χ1) is 9.15. The van der Waals surface area contributed by atoms with Crippen molar-refractivity contribution >= 4 is 17.5 Å². The minimum atomic E-state index is -0.640. The molecule has 1 fully saturated rings. The molecule has 0 atom stereocenters. The summed E-state index contributed by atoms with van der Waals surface area (Å²) in [6.07, 6.45) is 3.79. The lowest BCUT2D eigenvalue weighted by molar-refractivity contribution is 0.0705. The van der Waals surface area contributed by atoms with Crippen molar-refractivity contribution in [1.82, 2.24) is 4.90 Å². The molecule has 1 aliphatic carbocycles. The zero-order valence-electron chi connectivity index (χ0n) is 10.4. The Balaban J connectivity index is 2.31. The second-order valence-electron chi connectivity index (χ2n) is 4.63. The van der Waals surface area contributed by atoms with Crippen LogP contribution in [0.5, 0.6) is 0 Å². The maximum absolute atomic E-state index is 13.8. The second-order valence-corrected chi connectivity index (χ2v) is 5.03. The van der Waals surface area contributed by atoms with Crippen molar-refractivity contribution in [3.63, 3.8) is 0 Å². The third-order valence-corrected chi connectivity index (χ3v) is 3.76. The Morgan fingerprint density at radius 1 is 1.47 bits per heavy atom. The first kappa shape index (κ1) is 13.8. The zero-order chi connectivity index (χ0) is 13.8. The van der Waals surface area contributed by atoms with E-state index in [2.05, 4.69) is 0 Å². The van der Waals surface area contributed by atoms with E-state index in [1.165, 1.54) is 23.1 Å². The van der Waals surface area contributed by atoms with Gasteiger partial charge in [0.15, 0.2) is 0 Å². The zero-order valence-corrected chi connectivity index (χ0v) is 11.2. The van der Waals surface area contributed by atoms with Gasteiger partial charge in [0, 0.05) is 6.04 Å². The molecule has 0 N–H and O–H groups in total. The number of nitrogens with zero attached hydrogens (tertiary/aromatic N) is 2. The average Bonchev–Trinajstić information content (AvgIpc) is 2.89. The quantitative estimate of drug-likeness (QED) is 0.797. The van der Waals surface area contributed by atoms with Gasteiger partial charge < -0.3 is 4.90 Å². The van der Waals surface area contributed by atoms with Gasteiger partial charge in [-0.25, -0.2) is 4.39 Å². The van der Waals surface area contributed by atoms with E-state index in [-0.39, 0.29) is 23.2 Å². The van der Waals surface area contributed by atoms with Crippen LogP contribution in [0.1, 0.15) is 36.0 Å². The fraction of sp³-hybridized carbons (Fsp3) is 0.429. The number of rotatable bonds is 3. The van der Waals surface area contributed by atoms with Crippen LogP contribution in [0.3, 0.4) is 0 Å². The molecular weight excluding hydrogens is 267 g/mol. The molecule has 2 rings (SSSR count). The van der Waals surface area contributed by atoms with Gasteiger partial charge in [0.05, 0.1) is 16.7 Å². The first-order valence-electron chi connectivity index (χ1n) is 6.27. The van der Waals surface area contributed by atoms with E-state index in [0.29, 0.717) is 0 Å². The smallest absolute Gasteiger partial charge is 0.259 e. The lowest BCUT2D eigenvalue weighted by atomic mass is 10.1. The summed E-state index contributed by atoms with van der Waals surface area (Å²) >= 11 is 5.90. The Morgan fingerprint density at radius 3 is 2.74 bits per heavy atom. The predicted molar refractivity (Wildman–Crippen MR) is 70.3 cm³/mol. The van der Waals surface area contributed by atoms with Crippen molar-refractivity contribution in [2.24, 2.45) is 0 Å². The largest absolute Gasteiger partial charge is 0.322 e. The highest BCUT2D eigenvalue weighted by atomic mass is 35.5. The molecule has 3 nitrogen and oxygen atoms in total. The number of carbonyl (C=O) groups excluding carboxylic acids is 1. The SMILES string of the molecule is N#CCN(C(=O)c1c(F)cccc1Cl)C1CCCC1. The molecule has 100 valence electrons. The normalized spacial score (nSPS) is 15.2. The van der Waals surface area contributed by atoms with Crippen LogP contribution in [0.25, 0.3) is 0 Å². The fourth-order valence-corrected chi connectivity index (χ4v) is 2.75. The molecule has 0 saturated heterocycles. The number of carbonyl (C=O) groups is 1. The van der Waals surface area contributed by atoms with Gasteiger partial charge in [-0.2, -0.15) is 5.26 Å². The number of nitriles is 1. The third-order valence-electron chi connectivity index (χ3n) is 3.44. The number of amides is 1. The molecule has 0 radical (unpaired) electrons. The minimum absolute atomic E-state index is 0.0165. The average molecular weight is 281 g/mol. The number of benzene rings is 1. The summed E-state index contributed by atoms with van der Waals surface area (Å²) < 4.78 is 13.8. The Kier molecular flexibility index (Phi) is 4.39. The standard InChI is InChI=1S/C14H14ClFN2O/c15-11-6-3-7-12(16)13(11)14(19)18(9-8-17)10-4-1-2-5-10/h3,6-7,10H,1-2,4-5,9H2. The van der Waals surface area contributed by atoms with Crippen LogP contribution < -0.4 is 0 Å². The molecule has 0 heterocycles. The maximum Gasteiger partial charge on any atom is 0.259 e. The number of halogens is 2. The van der Waals surface area contributed by atoms with Gasteiger partial charge in [-0.15, -0.1) is 0 Å². The van der Waals surface area contributed by atoms with Crippen LogP contribution in [0.15, 0.2) is 18.2 Å². The molecule has 1 saturated carbocycles. The van der Waals surface area contributed by atoms with Crippen molar-refractivity contribution < 1.29 is 9.18 Å². The van der Waals surface area contributed by atoms with Crippen molar-refractivity contribution in [2.75, 3.05) is 6.54 Å². The molecular formula is C14H14ClFN2O. The Morgan fingerprint density at radius 2 is 2.16 bits per heavy atom. The Labute approximate surface area is 116 Å². The second kappa shape index (κ2) is 6.03. The molecule has 0 unspecified atom stereocenters. The summed E-state index contributed by atoms with van der Waals surface area (Å²) in [6, 6.07) is 6.14. The third kappa shape index (κ3) is 2.87. The molecule has 5 heteroatoms. The van der Waals surface area contributed by atoms with Crippen molar-refractivity contribution in [3.8, 4) is 6.07 Å². The lowest BCUT2D eigenvalue weighted by Gasteiger charge is -2.27. The van der Waals surface area contributed by atoms with Crippen molar-refractivity contribution in [1.29, 1.82) is 5.26 Å². The molecule has 0 spiro atoms. The summed E-state index contributed by atoms with van der Waals surface area (Å²) in [4.78, 5) is 13.9. The molecule has 1 aromatic rings. The van der Waals surface area contributed by atoms with Gasteiger partial charge in [0.2, 0.25) is 0 Å². The Bertz CT molecular complexity index is 500. The van der Waals surface area contributed by atoms with Gasteiger partial charge >= 0.3 is 0 Å². The van der Waals surface area contributed by atoms with Gasteiger partial charge in [0.1, 0.15) is 12.4 Å². The molecule has 1 aromatic carbocycles. The molecule has 0 bridgehead atoms. The van der Waals surface area contributed by atoms with Gasteiger partial charge in [-0.1, -0.05) is 30.5 Å². The van der Waals surface area contributed by atoms with E-state index in [1.54, 1.807) is 0 Å². The first-order valence-corrected chi connectivity index (χ1v) is 6.65. The predicted octanol–water partition coefficient (Wildman–Crippen LogP) is 3.39. The molecule has 0 aliphatic heterocycles. The van der Waals surface area contributed by atoms with Crippen molar-refractivity contribution in [2.45, 2.75) is 31.7 Å². The summed E-state index contributed by atoms with van der Waals surface area (Å²) in [6.45, 7) is -0.0336. The molecule has 1 aliphatic rings. The summed E-state index contributed by atoms with van der Waals surface area (Å²) in [5.74, 6) is -1.13. The van der Waals surface area contributed by atoms with Gasteiger partial charge in [0.25, 0.3) is 5.91 Å². The van der Waals surface area contributed by atoms with E-state index < -0.39 is 11.7 Å². The van der Waals surface area contributed by atoms with Crippen LogP contribution in [0.4, 0.5) is 4.39 Å². The van der Waals surface area contributed by atoms with E-state index in [4.69, 9.17) is 16.9 Å². The van der Waals surface area contributed by atoms with Crippen LogP contribution in [0, 0.1) is 17.1 Å². The van der Waals surface area contributed by atoms with E-state index >= 15 is 0 Å². The lowest BCUT2D eigenvalue weighted by Crippen LogP contribution is -2.39. The van der Waals surface area contributed by atoms with E-state index in [1.807, 2.05) is 6.07 Å². The molecule has 0 aromatic heterocycles. The highest BCUT2D eigenvalue weighted by molar-refractivity contribution is 6.33. The highest BCUT2D eigenvalue weighted by Crippen LogP contribution is 2.27. The van der Waals surface area contributed by atoms with Crippen molar-refractivity contribution in [3.05, 3.63) is 34.6 Å². The minimum Gasteiger partial charge on any atom is -0.322 e. The number of hydrogen-bond donors (Lipinski definition) is 0.